The van der Waals surface area contributed by atoms with Crippen molar-refractivity contribution in [1.29, 1.82) is 0 Å². The van der Waals surface area contributed by atoms with Gasteiger partial charge in [-0.05, 0) is 52.3 Å². The van der Waals surface area contributed by atoms with Crippen molar-refractivity contribution in [2.75, 3.05) is 0 Å². The van der Waals surface area contributed by atoms with Gasteiger partial charge >= 0.3 is 0 Å². The summed E-state index contributed by atoms with van der Waals surface area (Å²) in [5.41, 5.74) is 3.43. The number of aryl methyl sites for hydroxylation is 2. The molecule has 0 saturated heterocycles. The van der Waals surface area contributed by atoms with Crippen molar-refractivity contribution in [2.24, 2.45) is 0 Å². The predicted molar refractivity (Wildman–Crippen MR) is 86.4 cm³/mol. The Labute approximate surface area is 123 Å². The second kappa shape index (κ2) is 5.39. The normalized spacial score (nSPS) is 12.8. The van der Waals surface area contributed by atoms with Gasteiger partial charge in [0.05, 0.1) is 0 Å². The molecule has 0 fully saturated rings. The lowest BCUT2D eigenvalue weighted by Crippen LogP contribution is -2.03. The van der Waals surface area contributed by atoms with Crippen LogP contribution in [0, 0.1) is 6.92 Å². The average Bonchev–Trinajstić information content (AvgIpc) is 2.95. The van der Waals surface area contributed by atoms with Crippen LogP contribution in [0.4, 0.5) is 0 Å². The minimum absolute atomic E-state index is 0.531. The third kappa shape index (κ3) is 2.15. The molecule has 2 aromatic carbocycles. The van der Waals surface area contributed by atoms with Crippen molar-refractivity contribution in [3.63, 3.8) is 0 Å². The number of thiophene rings is 1. The van der Waals surface area contributed by atoms with Crippen LogP contribution in [0.15, 0.2) is 47.8 Å². The first-order valence-corrected chi connectivity index (χ1v) is 7.83. The van der Waals surface area contributed by atoms with Gasteiger partial charge < -0.3 is 5.11 Å². The molecule has 0 aliphatic heterocycles. The van der Waals surface area contributed by atoms with Gasteiger partial charge in [0.2, 0.25) is 0 Å². The van der Waals surface area contributed by atoms with Crippen LogP contribution in [0.5, 0.6) is 0 Å². The Kier molecular flexibility index (Phi) is 3.60. The van der Waals surface area contributed by atoms with E-state index < -0.39 is 6.10 Å². The summed E-state index contributed by atoms with van der Waals surface area (Å²) in [7, 11) is 0. The van der Waals surface area contributed by atoms with E-state index in [1.54, 1.807) is 11.3 Å². The van der Waals surface area contributed by atoms with E-state index in [4.69, 9.17) is 0 Å². The average molecular weight is 282 g/mol. The van der Waals surface area contributed by atoms with Crippen molar-refractivity contribution in [3.8, 4) is 0 Å². The molecule has 0 aliphatic carbocycles. The Bertz CT molecular complexity index is 742. The number of benzene rings is 2. The van der Waals surface area contributed by atoms with Gasteiger partial charge in [-0.15, -0.1) is 11.3 Å². The van der Waals surface area contributed by atoms with Gasteiger partial charge in [-0.2, -0.15) is 0 Å². The summed E-state index contributed by atoms with van der Waals surface area (Å²) in [6, 6.07) is 14.6. The molecule has 0 bridgehead atoms. The van der Waals surface area contributed by atoms with Crippen LogP contribution in [0.25, 0.3) is 10.8 Å². The summed E-state index contributed by atoms with van der Waals surface area (Å²) >= 11 is 1.64. The standard InChI is InChI=1S/C18H18OS/c1-3-13-10-11-20-18(13)17(19)16-12(2)8-9-14-6-4-5-7-15(14)16/h4-11,17,19H,3H2,1-2H3. The van der Waals surface area contributed by atoms with Crippen molar-refractivity contribution < 1.29 is 5.11 Å². The number of hydrogen-bond donors (Lipinski definition) is 1. The van der Waals surface area contributed by atoms with Crippen LogP contribution in [-0.4, -0.2) is 5.11 Å². The lowest BCUT2D eigenvalue weighted by molar-refractivity contribution is 0.224. The highest BCUT2D eigenvalue weighted by molar-refractivity contribution is 7.10. The lowest BCUT2D eigenvalue weighted by atomic mass is 9.94. The molecule has 0 aliphatic rings. The van der Waals surface area contributed by atoms with E-state index in [1.165, 1.54) is 10.9 Å². The monoisotopic (exact) mass is 282 g/mol. The number of aliphatic hydroxyl groups is 1. The highest BCUT2D eigenvalue weighted by Gasteiger charge is 2.19. The zero-order chi connectivity index (χ0) is 14.1. The predicted octanol–water partition coefficient (Wildman–Crippen LogP) is 4.85. The minimum atomic E-state index is -0.531. The second-order valence-electron chi connectivity index (χ2n) is 5.08. The van der Waals surface area contributed by atoms with Crippen LogP contribution < -0.4 is 0 Å². The first-order chi connectivity index (χ1) is 9.72. The van der Waals surface area contributed by atoms with Crippen LogP contribution in [0.1, 0.15) is 34.6 Å². The molecular weight excluding hydrogens is 264 g/mol. The summed E-state index contributed by atoms with van der Waals surface area (Å²) in [5, 5.41) is 15.3. The maximum Gasteiger partial charge on any atom is 0.114 e. The lowest BCUT2D eigenvalue weighted by Gasteiger charge is -2.17. The summed E-state index contributed by atoms with van der Waals surface area (Å²) in [6.45, 7) is 4.21. The third-order valence-electron chi connectivity index (χ3n) is 3.87. The van der Waals surface area contributed by atoms with Crippen molar-refractivity contribution >= 4 is 22.1 Å². The smallest absolute Gasteiger partial charge is 0.114 e. The topological polar surface area (TPSA) is 20.2 Å². The first-order valence-electron chi connectivity index (χ1n) is 6.95. The molecule has 102 valence electrons. The van der Waals surface area contributed by atoms with Gasteiger partial charge in [0, 0.05) is 4.88 Å². The van der Waals surface area contributed by atoms with Gasteiger partial charge in [-0.3, -0.25) is 0 Å². The van der Waals surface area contributed by atoms with Crippen LogP contribution in [-0.2, 0) is 6.42 Å². The van der Waals surface area contributed by atoms with E-state index in [0.29, 0.717) is 0 Å². The van der Waals surface area contributed by atoms with Gasteiger partial charge in [0.15, 0.2) is 0 Å². The summed E-state index contributed by atoms with van der Waals surface area (Å²) in [6.07, 6.45) is 0.427. The zero-order valence-corrected chi connectivity index (χ0v) is 12.6. The maximum absolute atomic E-state index is 10.9. The van der Waals surface area contributed by atoms with Crippen molar-refractivity contribution in [1.82, 2.24) is 0 Å². The van der Waals surface area contributed by atoms with Crippen LogP contribution in [0.2, 0.25) is 0 Å². The van der Waals surface area contributed by atoms with Gasteiger partial charge in [-0.25, -0.2) is 0 Å². The summed E-state index contributed by atoms with van der Waals surface area (Å²) in [4.78, 5) is 1.08. The fraction of sp³-hybridized carbons (Fsp3) is 0.222. The second-order valence-corrected chi connectivity index (χ2v) is 6.03. The highest BCUT2D eigenvalue weighted by atomic mass is 32.1. The van der Waals surface area contributed by atoms with Crippen molar-refractivity contribution in [2.45, 2.75) is 26.4 Å². The Morgan fingerprint density at radius 1 is 1.10 bits per heavy atom. The summed E-state index contributed by atoms with van der Waals surface area (Å²) < 4.78 is 0. The molecule has 1 N–H and O–H groups in total. The Balaban J connectivity index is 2.21. The molecule has 3 aromatic rings. The van der Waals surface area contributed by atoms with Crippen LogP contribution in [0.3, 0.4) is 0 Å². The maximum atomic E-state index is 10.9. The van der Waals surface area contributed by atoms with E-state index >= 15 is 0 Å². The molecule has 0 spiro atoms. The fourth-order valence-corrected chi connectivity index (χ4v) is 3.77. The SMILES string of the molecule is CCc1ccsc1C(O)c1c(C)ccc2ccccc12. The molecule has 2 heteroatoms. The number of hydrogen-bond acceptors (Lipinski definition) is 2. The Morgan fingerprint density at radius 3 is 2.70 bits per heavy atom. The molecule has 0 radical (unpaired) electrons. The van der Waals surface area contributed by atoms with E-state index in [2.05, 4.69) is 49.6 Å². The number of fused-ring (bicyclic) bond motifs is 1. The van der Waals surface area contributed by atoms with E-state index in [-0.39, 0.29) is 0 Å². The molecule has 1 heterocycles. The first kappa shape index (κ1) is 13.3. The Morgan fingerprint density at radius 2 is 1.90 bits per heavy atom. The third-order valence-corrected chi connectivity index (χ3v) is 4.88. The molecule has 1 atom stereocenters. The van der Waals surface area contributed by atoms with Gasteiger partial charge in [0.1, 0.15) is 6.10 Å². The van der Waals surface area contributed by atoms with E-state index in [1.807, 2.05) is 12.1 Å². The molecule has 1 unspecified atom stereocenters. The van der Waals surface area contributed by atoms with Crippen LogP contribution >= 0.6 is 11.3 Å². The van der Waals surface area contributed by atoms with Gasteiger partial charge in [-0.1, -0.05) is 43.3 Å². The molecular formula is C18H18OS. The highest BCUT2D eigenvalue weighted by Crippen LogP contribution is 2.35. The fourth-order valence-electron chi connectivity index (χ4n) is 2.78. The minimum Gasteiger partial charge on any atom is -0.383 e. The number of aliphatic hydroxyl groups excluding tert-OH is 1. The van der Waals surface area contributed by atoms with Gasteiger partial charge in [0.25, 0.3) is 0 Å². The summed E-state index contributed by atoms with van der Waals surface area (Å²) in [5.74, 6) is 0. The Hall–Kier alpha value is -1.64. The zero-order valence-electron chi connectivity index (χ0n) is 11.8. The molecule has 0 saturated carbocycles. The largest absolute Gasteiger partial charge is 0.383 e. The quantitative estimate of drug-likeness (QED) is 0.727. The molecule has 0 amide bonds. The van der Waals surface area contributed by atoms with E-state index in [9.17, 15) is 5.11 Å². The van der Waals surface area contributed by atoms with Crippen molar-refractivity contribution in [3.05, 3.63) is 69.4 Å². The molecule has 1 nitrogen and oxygen atoms in total. The molecule has 20 heavy (non-hydrogen) atoms. The molecule has 1 aromatic heterocycles. The number of rotatable bonds is 3. The van der Waals surface area contributed by atoms with E-state index in [0.717, 1.165) is 27.8 Å². The molecule has 3 rings (SSSR count).